The van der Waals surface area contributed by atoms with Gasteiger partial charge in [-0.05, 0) is 42.6 Å². The van der Waals surface area contributed by atoms with Gasteiger partial charge in [-0.2, -0.15) is 0 Å². The Morgan fingerprint density at radius 3 is 2.10 bits per heavy atom. The third-order valence-corrected chi connectivity index (χ3v) is 3.16. The highest BCUT2D eigenvalue weighted by Crippen LogP contribution is 2.27. The van der Waals surface area contributed by atoms with E-state index in [-0.39, 0.29) is 0 Å². The van der Waals surface area contributed by atoms with Crippen molar-refractivity contribution < 1.29 is 9.47 Å². The fourth-order valence-electron chi connectivity index (χ4n) is 2.03. The molecule has 0 radical (unpaired) electrons. The maximum Gasteiger partial charge on any atom is 0.161 e. The molecule has 0 heterocycles. The van der Waals surface area contributed by atoms with Gasteiger partial charge in [0.05, 0.1) is 6.61 Å². The lowest BCUT2D eigenvalue weighted by atomic mass is 10.1. The maximum absolute atomic E-state index is 5.87. The minimum Gasteiger partial charge on any atom is -0.490 e. The van der Waals surface area contributed by atoms with E-state index < -0.39 is 0 Å². The van der Waals surface area contributed by atoms with Crippen molar-refractivity contribution in [1.82, 2.24) is 0 Å². The van der Waals surface area contributed by atoms with Crippen LogP contribution >= 0.6 is 0 Å². The highest BCUT2D eigenvalue weighted by Gasteiger charge is 2.04. The Bertz CT molecular complexity index is 537. The van der Waals surface area contributed by atoms with Crippen molar-refractivity contribution in [1.29, 1.82) is 0 Å². The van der Waals surface area contributed by atoms with Gasteiger partial charge in [0, 0.05) is 0 Å². The third kappa shape index (κ3) is 4.80. The molecule has 0 amide bonds. The Kier molecular flexibility index (Phi) is 6.10. The van der Waals surface area contributed by atoms with Gasteiger partial charge in [-0.15, -0.1) is 0 Å². The zero-order valence-electron chi connectivity index (χ0n) is 12.5. The van der Waals surface area contributed by atoms with Crippen LogP contribution in [-0.4, -0.2) is 13.2 Å². The summed E-state index contributed by atoms with van der Waals surface area (Å²) >= 11 is 0. The van der Waals surface area contributed by atoms with Gasteiger partial charge in [-0.3, -0.25) is 0 Å². The number of ether oxygens (including phenoxy) is 2. The van der Waals surface area contributed by atoms with Gasteiger partial charge in [0.25, 0.3) is 0 Å². The summed E-state index contributed by atoms with van der Waals surface area (Å²) in [7, 11) is 0. The predicted octanol–water partition coefficient (Wildman–Crippen LogP) is 3.56. The Morgan fingerprint density at radius 2 is 1.48 bits per heavy atom. The van der Waals surface area contributed by atoms with Crippen molar-refractivity contribution >= 4 is 0 Å². The van der Waals surface area contributed by atoms with Crippen molar-refractivity contribution in [2.45, 2.75) is 26.4 Å². The van der Waals surface area contributed by atoms with Gasteiger partial charge in [-0.1, -0.05) is 43.3 Å². The van der Waals surface area contributed by atoms with Crippen LogP contribution in [0.2, 0.25) is 0 Å². The molecule has 0 aliphatic carbocycles. The molecule has 2 aromatic rings. The van der Waals surface area contributed by atoms with Crippen LogP contribution in [0.5, 0.6) is 11.5 Å². The number of rotatable bonds is 8. The average molecular weight is 285 g/mol. The molecule has 3 nitrogen and oxygen atoms in total. The lowest BCUT2D eigenvalue weighted by Gasteiger charge is -2.12. The van der Waals surface area contributed by atoms with Crippen LogP contribution in [0.3, 0.4) is 0 Å². The summed E-state index contributed by atoms with van der Waals surface area (Å²) in [6.07, 6.45) is 1.89. The second kappa shape index (κ2) is 8.32. The molecule has 0 spiro atoms. The molecule has 3 heteroatoms. The zero-order chi connectivity index (χ0) is 14.9. The van der Waals surface area contributed by atoms with Crippen LogP contribution in [0.15, 0.2) is 48.5 Å². The molecular formula is C18H23NO2. The lowest BCUT2D eigenvalue weighted by Crippen LogP contribution is -2.03. The van der Waals surface area contributed by atoms with E-state index in [1.54, 1.807) is 0 Å². The average Bonchev–Trinajstić information content (AvgIpc) is 2.53. The van der Waals surface area contributed by atoms with Crippen molar-refractivity contribution in [3.63, 3.8) is 0 Å². The molecule has 0 saturated carbocycles. The quantitative estimate of drug-likeness (QED) is 0.806. The molecule has 0 atom stereocenters. The first-order chi connectivity index (χ1) is 10.3. The molecule has 0 bridgehead atoms. The van der Waals surface area contributed by atoms with E-state index in [0.717, 1.165) is 29.9 Å². The number of para-hydroxylation sites is 2. The summed E-state index contributed by atoms with van der Waals surface area (Å²) in [5.74, 6) is 1.59. The Labute approximate surface area is 126 Å². The van der Waals surface area contributed by atoms with Crippen molar-refractivity contribution in [3.05, 3.63) is 59.7 Å². The number of benzene rings is 2. The molecule has 21 heavy (non-hydrogen) atoms. The molecule has 2 N–H and O–H groups in total. The molecule has 2 rings (SSSR count). The summed E-state index contributed by atoms with van der Waals surface area (Å²) < 4.78 is 11.6. The summed E-state index contributed by atoms with van der Waals surface area (Å²) in [6, 6.07) is 16.2. The van der Waals surface area contributed by atoms with E-state index in [2.05, 4.69) is 31.2 Å². The van der Waals surface area contributed by atoms with Crippen molar-refractivity contribution in [3.8, 4) is 11.5 Å². The SMILES string of the molecule is CCCOc1ccccc1OCc1ccc(CCN)cc1. The van der Waals surface area contributed by atoms with Crippen LogP contribution in [0.25, 0.3) is 0 Å². The second-order valence-corrected chi connectivity index (χ2v) is 4.94. The van der Waals surface area contributed by atoms with E-state index in [0.29, 0.717) is 19.8 Å². The standard InChI is InChI=1S/C18H23NO2/c1-2-13-20-17-5-3-4-6-18(17)21-14-16-9-7-15(8-10-16)11-12-19/h3-10H,2,11-14,19H2,1H3. The minimum absolute atomic E-state index is 0.537. The van der Waals surface area contributed by atoms with Crippen LogP contribution < -0.4 is 15.2 Å². The summed E-state index contributed by atoms with van der Waals surface area (Å²) in [4.78, 5) is 0. The summed E-state index contributed by atoms with van der Waals surface area (Å²) in [5, 5.41) is 0. The molecule has 112 valence electrons. The molecule has 0 aromatic heterocycles. The Balaban J connectivity index is 1.96. The normalized spacial score (nSPS) is 10.4. The fourth-order valence-corrected chi connectivity index (χ4v) is 2.03. The van der Waals surface area contributed by atoms with Gasteiger partial charge in [0.15, 0.2) is 11.5 Å². The Hall–Kier alpha value is -2.00. The first-order valence-corrected chi connectivity index (χ1v) is 7.46. The van der Waals surface area contributed by atoms with E-state index in [9.17, 15) is 0 Å². The molecule has 0 unspecified atom stereocenters. The van der Waals surface area contributed by atoms with Gasteiger partial charge in [0.2, 0.25) is 0 Å². The number of nitrogens with two attached hydrogens (primary N) is 1. The van der Waals surface area contributed by atoms with E-state index in [1.165, 1.54) is 5.56 Å². The molecule has 0 fully saturated rings. The van der Waals surface area contributed by atoms with Crippen LogP contribution in [0.4, 0.5) is 0 Å². The van der Waals surface area contributed by atoms with Gasteiger partial charge >= 0.3 is 0 Å². The predicted molar refractivity (Wildman–Crippen MR) is 85.8 cm³/mol. The molecule has 2 aromatic carbocycles. The molecular weight excluding hydrogens is 262 g/mol. The van der Waals surface area contributed by atoms with E-state index >= 15 is 0 Å². The smallest absolute Gasteiger partial charge is 0.161 e. The van der Waals surface area contributed by atoms with E-state index in [1.807, 2.05) is 24.3 Å². The summed E-state index contributed by atoms with van der Waals surface area (Å²) in [6.45, 7) is 4.01. The highest BCUT2D eigenvalue weighted by atomic mass is 16.5. The van der Waals surface area contributed by atoms with Crippen LogP contribution in [0, 0.1) is 0 Å². The molecule has 0 saturated heterocycles. The second-order valence-electron chi connectivity index (χ2n) is 4.94. The lowest BCUT2D eigenvalue weighted by molar-refractivity contribution is 0.262. The van der Waals surface area contributed by atoms with Gasteiger partial charge in [-0.25, -0.2) is 0 Å². The number of hydrogen-bond acceptors (Lipinski definition) is 3. The zero-order valence-corrected chi connectivity index (χ0v) is 12.5. The van der Waals surface area contributed by atoms with Crippen molar-refractivity contribution in [2.24, 2.45) is 5.73 Å². The maximum atomic E-state index is 5.87. The van der Waals surface area contributed by atoms with Crippen LogP contribution in [0.1, 0.15) is 24.5 Å². The molecule has 0 aliphatic rings. The number of hydrogen-bond donors (Lipinski definition) is 1. The largest absolute Gasteiger partial charge is 0.490 e. The third-order valence-electron chi connectivity index (χ3n) is 3.16. The van der Waals surface area contributed by atoms with Crippen molar-refractivity contribution in [2.75, 3.05) is 13.2 Å². The van der Waals surface area contributed by atoms with Gasteiger partial charge < -0.3 is 15.2 Å². The fraction of sp³-hybridized carbons (Fsp3) is 0.333. The monoisotopic (exact) mass is 285 g/mol. The first-order valence-electron chi connectivity index (χ1n) is 7.46. The molecule has 0 aliphatic heterocycles. The Morgan fingerprint density at radius 1 is 0.857 bits per heavy atom. The van der Waals surface area contributed by atoms with Gasteiger partial charge in [0.1, 0.15) is 6.61 Å². The minimum atomic E-state index is 0.537. The summed E-state index contributed by atoms with van der Waals surface area (Å²) in [5.41, 5.74) is 7.95. The highest BCUT2D eigenvalue weighted by molar-refractivity contribution is 5.39. The van der Waals surface area contributed by atoms with E-state index in [4.69, 9.17) is 15.2 Å². The van der Waals surface area contributed by atoms with Crippen LogP contribution in [-0.2, 0) is 13.0 Å². The topological polar surface area (TPSA) is 44.5 Å². The first kappa shape index (κ1) is 15.4.